The van der Waals surface area contributed by atoms with E-state index in [1.807, 2.05) is 31.2 Å². The molecule has 2 heterocycles. The quantitative estimate of drug-likeness (QED) is 0.457. The third kappa shape index (κ3) is 4.71. The summed E-state index contributed by atoms with van der Waals surface area (Å²) in [5.74, 6) is 0.490. The first-order valence-corrected chi connectivity index (χ1v) is 13.3. The summed E-state index contributed by atoms with van der Waals surface area (Å²) in [6.45, 7) is 3.50. The molecule has 8 nitrogen and oxygen atoms in total. The van der Waals surface area contributed by atoms with Crippen molar-refractivity contribution in [2.75, 3.05) is 24.1 Å². The second-order valence-electron chi connectivity index (χ2n) is 9.23. The molecule has 5 rings (SSSR count). The first kappa shape index (κ1) is 22.6. The summed E-state index contributed by atoms with van der Waals surface area (Å²) in [6, 6.07) is 13.2. The van der Waals surface area contributed by atoms with E-state index in [1.54, 1.807) is 24.4 Å². The van der Waals surface area contributed by atoms with Crippen molar-refractivity contribution in [2.45, 2.75) is 37.8 Å². The number of sulfonamides is 1. The van der Waals surface area contributed by atoms with Crippen LogP contribution in [-0.2, 0) is 15.6 Å². The predicted molar refractivity (Wildman–Crippen MR) is 132 cm³/mol. The fourth-order valence-corrected chi connectivity index (χ4v) is 4.89. The van der Waals surface area contributed by atoms with Gasteiger partial charge in [-0.3, -0.25) is 14.5 Å². The number of amides is 1. The Balaban J connectivity index is 1.43. The molecule has 1 saturated carbocycles. The van der Waals surface area contributed by atoms with E-state index in [9.17, 15) is 13.2 Å². The van der Waals surface area contributed by atoms with Gasteiger partial charge in [0.15, 0.2) is 0 Å². The summed E-state index contributed by atoms with van der Waals surface area (Å²) < 4.78 is 32.1. The third-order valence-corrected chi connectivity index (χ3v) is 7.08. The van der Waals surface area contributed by atoms with Crippen molar-refractivity contribution in [2.24, 2.45) is 0 Å². The van der Waals surface area contributed by atoms with Crippen LogP contribution in [0.4, 0.5) is 5.69 Å². The number of ether oxygens (including phenoxy) is 1. The highest BCUT2D eigenvalue weighted by atomic mass is 32.2. The summed E-state index contributed by atoms with van der Waals surface area (Å²) in [7, 11) is -3.46. The molecule has 1 amide bonds. The van der Waals surface area contributed by atoms with Gasteiger partial charge in [0.1, 0.15) is 12.4 Å². The monoisotopic (exact) mass is 480 g/mol. The lowest BCUT2D eigenvalue weighted by Crippen LogP contribution is -2.46. The maximum absolute atomic E-state index is 13.4. The van der Waals surface area contributed by atoms with Crippen LogP contribution in [0.5, 0.6) is 5.75 Å². The zero-order valence-electron chi connectivity index (χ0n) is 19.2. The fraction of sp³-hybridized carbons (Fsp3) is 0.360. The van der Waals surface area contributed by atoms with Crippen LogP contribution in [-0.4, -0.2) is 44.8 Å². The van der Waals surface area contributed by atoms with Crippen molar-refractivity contribution in [3.63, 3.8) is 0 Å². The van der Waals surface area contributed by atoms with Crippen molar-refractivity contribution in [1.82, 2.24) is 15.6 Å². The Hall–Kier alpha value is -3.17. The first-order chi connectivity index (χ1) is 16.2. The topological polar surface area (TPSA) is 109 Å². The smallest absolute Gasteiger partial charge is 0.252 e. The number of nitrogens with zero attached hydrogens (tertiary/aromatic N) is 1. The lowest BCUT2D eigenvalue weighted by Gasteiger charge is -2.27. The molecule has 34 heavy (non-hydrogen) atoms. The third-order valence-electron chi connectivity index (χ3n) is 6.47. The van der Waals surface area contributed by atoms with Crippen LogP contribution >= 0.6 is 0 Å². The molecule has 9 heteroatoms. The molecule has 1 aliphatic heterocycles. The van der Waals surface area contributed by atoms with E-state index in [-0.39, 0.29) is 5.91 Å². The average Bonchev–Trinajstić information content (AvgIpc) is 3.52. The van der Waals surface area contributed by atoms with E-state index < -0.39 is 15.6 Å². The molecule has 0 spiro atoms. The van der Waals surface area contributed by atoms with Crippen LogP contribution in [0.3, 0.4) is 0 Å². The van der Waals surface area contributed by atoms with Crippen molar-refractivity contribution in [3.8, 4) is 5.75 Å². The Morgan fingerprint density at radius 2 is 2.03 bits per heavy atom. The predicted octanol–water partition coefficient (Wildman–Crippen LogP) is 3.07. The Labute approximate surface area is 199 Å². The molecular formula is C25H28N4O4S. The van der Waals surface area contributed by atoms with Gasteiger partial charge in [-0.05, 0) is 74.2 Å². The van der Waals surface area contributed by atoms with Gasteiger partial charge < -0.3 is 15.4 Å². The number of aromatic nitrogens is 1. The van der Waals surface area contributed by atoms with E-state index in [0.717, 1.165) is 48.6 Å². The maximum atomic E-state index is 13.4. The van der Waals surface area contributed by atoms with Crippen molar-refractivity contribution >= 4 is 32.5 Å². The Morgan fingerprint density at radius 3 is 2.71 bits per heavy atom. The lowest BCUT2D eigenvalue weighted by atomic mass is 9.97. The van der Waals surface area contributed by atoms with Gasteiger partial charge >= 0.3 is 0 Å². The molecule has 2 aromatic carbocycles. The van der Waals surface area contributed by atoms with Crippen LogP contribution in [0.15, 0.2) is 48.7 Å². The molecule has 178 valence electrons. The van der Waals surface area contributed by atoms with Gasteiger partial charge in [0.05, 0.1) is 23.0 Å². The Bertz CT molecular complexity index is 1360. The number of nitrogens with one attached hydrogen (secondary N) is 3. The van der Waals surface area contributed by atoms with Crippen molar-refractivity contribution < 1.29 is 17.9 Å². The Kier molecular flexibility index (Phi) is 5.69. The number of fused-ring (bicyclic) bond motifs is 1. The summed E-state index contributed by atoms with van der Waals surface area (Å²) >= 11 is 0. The number of aryl methyl sites for hydroxylation is 1. The number of carbonyl (C=O) groups is 1. The van der Waals surface area contributed by atoms with Crippen LogP contribution in [0, 0.1) is 6.92 Å². The zero-order valence-corrected chi connectivity index (χ0v) is 20.0. The summed E-state index contributed by atoms with van der Waals surface area (Å²) in [5.41, 5.74) is 2.81. The minimum atomic E-state index is -3.46. The van der Waals surface area contributed by atoms with Crippen LogP contribution in [0.1, 0.15) is 40.7 Å². The summed E-state index contributed by atoms with van der Waals surface area (Å²) in [6.07, 6.45) is 5.39. The average molecular weight is 481 g/mol. The molecule has 1 atom stereocenters. The minimum absolute atomic E-state index is 0.180. The fourth-order valence-electron chi connectivity index (χ4n) is 4.35. The number of anilines is 1. The number of pyridine rings is 1. The minimum Gasteiger partial charge on any atom is -0.492 e. The number of benzene rings is 2. The molecule has 1 aliphatic carbocycles. The molecule has 0 radical (unpaired) electrons. The van der Waals surface area contributed by atoms with Crippen molar-refractivity contribution in [1.29, 1.82) is 0 Å². The standard InChI is InChI=1S/C25H28N4O4S/c1-16-5-6-19(33-15-17-7-11-26-17)14-21(16)24(30)28-25(8-9-25)22-12-18(29-34(2,31)32)13-23-20(22)4-3-10-27-23/h3-6,10,12-14,17,26,29H,7-9,11,15H2,1-2H3,(H,28,30)/t17-/m0/s1. The molecule has 1 saturated heterocycles. The zero-order chi connectivity index (χ0) is 23.9. The molecule has 3 aromatic rings. The van der Waals surface area contributed by atoms with Gasteiger partial charge in [0.25, 0.3) is 5.91 Å². The molecule has 2 aliphatic rings. The molecule has 2 fully saturated rings. The highest BCUT2D eigenvalue weighted by Crippen LogP contribution is 2.49. The van der Waals surface area contributed by atoms with Crippen LogP contribution in [0.2, 0.25) is 0 Å². The molecule has 0 unspecified atom stereocenters. The summed E-state index contributed by atoms with van der Waals surface area (Å²) in [5, 5.41) is 7.42. The highest BCUT2D eigenvalue weighted by Gasteiger charge is 2.47. The van der Waals surface area contributed by atoms with E-state index in [1.165, 1.54) is 0 Å². The van der Waals surface area contributed by atoms with E-state index in [4.69, 9.17) is 4.74 Å². The number of carbonyl (C=O) groups excluding carboxylic acids is 1. The normalized spacial score (nSPS) is 18.7. The van der Waals surface area contributed by atoms with Gasteiger partial charge in [-0.2, -0.15) is 0 Å². The lowest BCUT2D eigenvalue weighted by molar-refractivity contribution is 0.0930. The second kappa shape index (κ2) is 8.56. The van der Waals surface area contributed by atoms with E-state index >= 15 is 0 Å². The van der Waals surface area contributed by atoms with E-state index in [2.05, 4.69) is 20.3 Å². The van der Waals surface area contributed by atoms with Crippen LogP contribution in [0.25, 0.3) is 10.9 Å². The maximum Gasteiger partial charge on any atom is 0.252 e. The number of hydrogen-bond donors (Lipinski definition) is 3. The van der Waals surface area contributed by atoms with Gasteiger partial charge in [-0.1, -0.05) is 12.1 Å². The number of hydrogen-bond acceptors (Lipinski definition) is 6. The molecule has 1 aromatic heterocycles. The molecular weight excluding hydrogens is 452 g/mol. The largest absolute Gasteiger partial charge is 0.492 e. The second-order valence-corrected chi connectivity index (χ2v) is 11.0. The van der Waals surface area contributed by atoms with Gasteiger partial charge in [-0.15, -0.1) is 0 Å². The van der Waals surface area contributed by atoms with Crippen molar-refractivity contribution in [3.05, 3.63) is 65.4 Å². The number of rotatable bonds is 8. The first-order valence-electron chi connectivity index (χ1n) is 11.4. The highest BCUT2D eigenvalue weighted by molar-refractivity contribution is 7.92. The Morgan fingerprint density at radius 1 is 1.24 bits per heavy atom. The molecule has 3 N–H and O–H groups in total. The van der Waals surface area contributed by atoms with Gasteiger partial charge in [-0.25, -0.2) is 8.42 Å². The van der Waals surface area contributed by atoms with Gasteiger partial charge in [0, 0.05) is 23.2 Å². The molecule has 0 bridgehead atoms. The SMILES string of the molecule is Cc1ccc(OC[C@@H]2CCN2)cc1C(=O)NC1(c2cc(NS(C)(=O)=O)cc3ncccc23)CC1. The van der Waals surface area contributed by atoms with Gasteiger partial charge in [0.2, 0.25) is 10.0 Å². The van der Waals surface area contributed by atoms with E-state index in [0.29, 0.717) is 35.2 Å². The summed E-state index contributed by atoms with van der Waals surface area (Å²) in [4.78, 5) is 17.8. The van der Waals surface area contributed by atoms with Crippen LogP contribution < -0.4 is 20.1 Å².